The fourth-order valence-electron chi connectivity index (χ4n) is 1.69. The van der Waals surface area contributed by atoms with Crippen molar-refractivity contribution in [2.45, 2.75) is 12.1 Å². The van der Waals surface area contributed by atoms with E-state index >= 15 is 0 Å². The van der Waals surface area contributed by atoms with Gasteiger partial charge >= 0.3 is 6.18 Å². The van der Waals surface area contributed by atoms with Crippen LogP contribution in [0.25, 0.3) is 11.1 Å². The van der Waals surface area contributed by atoms with Gasteiger partial charge in [-0.3, -0.25) is 0 Å². The normalized spacial score (nSPS) is 11.6. The van der Waals surface area contributed by atoms with Gasteiger partial charge in [0.05, 0.1) is 5.56 Å². The number of alkyl halides is 4. The van der Waals surface area contributed by atoms with E-state index in [0.717, 1.165) is 28.8 Å². The lowest BCUT2D eigenvalue weighted by atomic mass is 10.0. The first kappa shape index (κ1) is 13.0. The van der Waals surface area contributed by atoms with E-state index in [4.69, 9.17) is 11.6 Å². The number of rotatable bonds is 2. The Morgan fingerprint density at radius 1 is 0.889 bits per heavy atom. The summed E-state index contributed by atoms with van der Waals surface area (Å²) in [6.07, 6.45) is -4.30. The van der Waals surface area contributed by atoms with Crippen molar-refractivity contribution in [1.82, 2.24) is 0 Å². The minimum absolute atomic E-state index is 0.383. The Hall–Kier alpha value is -1.48. The van der Waals surface area contributed by atoms with Gasteiger partial charge in [0.15, 0.2) is 0 Å². The van der Waals surface area contributed by atoms with E-state index in [1.165, 1.54) is 12.1 Å². The molecule has 2 aromatic rings. The summed E-state index contributed by atoms with van der Waals surface area (Å²) < 4.78 is 37.3. The van der Waals surface area contributed by atoms with Crippen LogP contribution in [0.3, 0.4) is 0 Å². The average Bonchev–Trinajstić information content (AvgIpc) is 2.38. The van der Waals surface area contributed by atoms with Crippen molar-refractivity contribution in [2.24, 2.45) is 0 Å². The molecule has 94 valence electrons. The smallest absolute Gasteiger partial charge is 0.166 e. The summed E-state index contributed by atoms with van der Waals surface area (Å²) in [5, 5.41) is 0. The molecule has 0 saturated carbocycles. The Morgan fingerprint density at radius 2 is 1.56 bits per heavy atom. The first-order valence-electron chi connectivity index (χ1n) is 5.33. The van der Waals surface area contributed by atoms with E-state index in [9.17, 15) is 13.2 Å². The van der Waals surface area contributed by atoms with Gasteiger partial charge in [0.25, 0.3) is 0 Å². The lowest BCUT2D eigenvalue weighted by molar-refractivity contribution is -0.137. The largest absolute Gasteiger partial charge is 0.416 e. The molecule has 18 heavy (non-hydrogen) atoms. The molecule has 0 aliphatic heterocycles. The zero-order chi connectivity index (χ0) is 13.2. The second kappa shape index (κ2) is 5.02. The standard InChI is InChI=1S/C14H10ClF3/c15-9-10-2-1-3-12(8-10)11-4-6-13(7-5-11)14(16,17)18/h1-8H,9H2. The molecular formula is C14H10ClF3. The molecule has 2 rings (SSSR count). The highest BCUT2D eigenvalue weighted by molar-refractivity contribution is 6.17. The van der Waals surface area contributed by atoms with Crippen LogP contribution >= 0.6 is 11.6 Å². The third-order valence-corrected chi connectivity index (χ3v) is 2.94. The van der Waals surface area contributed by atoms with E-state index in [1.807, 2.05) is 24.3 Å². The van der Waals surface area contributed by atoms with Gasteiger partial charge in [-0.15, -0.1) is 11.6 Å². The number of hydrogen-bond acceptors (Lipinski definition) is 0. The molecule has 0 unspecified atom stereocenters. The average molecular weight is 271 g/mol. The molecule has 0 bridgehead atoms. The van der Waals surface area contributed by atoms with Crippen molar-refractivity contribution in [3.63, 3.8) is 0 Å². The molecule has 0 aliphatic carbocycles. The van der Waals surface area contributed by atoms with Crippen LogP contribution in [-0.2, 0) is 12.1 Å². The molecule has 0 atom stereocenters. The van der Waals surface area contributed by atoms with Gasteiger partial charge < -0.3 is 0 Å². The summed E-state index contributed by atoms with van der Waals surface area (Å²) in [4.78, 5) is 0. The molecule has 0 amide bonds. The van der Waals surface area contributed by atoms with Gasteiger partial charge in [-0.05, 0) is 34.9 Å². The van der Waals surface area contributed by atoms with Crippen LogP contribution in [0.15, 0.2) is 48.5 Å². The lowest BCUT2D eigenvalue weighted by Gasteiger charge is -2.08. The summed E-state index contributed by atoms with van der Waals surface area (Å²) in [5.41, 5.74) is 1.91. The maximum absolute atomic E-state index is 12.4. The van der Waals surface area contributed by atoms with Crippen LogP contribution in [0.5, 0.6) is 0 Å². The fraction of sp³-hybridized carbons (Fsp3) is 0.143. The molecule has 0 heterocycles. The van der Waals surface area contributed by atoms with E-state index in [-0.39, 0.29) is 0 Å². The van der Waals surface area contributed by atoms with Crippen LogP contribution < -0.4 is 0 Å². The monoisotopic (exact) mass is 270 g/mol. The first-order valence-corrected chi connectivity index (χ1v) is 5.87. The number of halogens is 4. The highest BCUT2D eigenvalue weighted by atomic mass is 35.5. The fourth-order valence-corrected chi connectivity index (χ4v) is 1.85. The molecule has 0 N–H and O–H groups in total. The Labute approximate surface area is 108 Å². The van der Waals surface area contributed by atoms with E-state index in [1.54, 1.807) is 0 Å². The van der Waals surface area contributed by atoms with Crippen LogP contribution in [0.1, 0.15) is 11.1 Å². The second-order valence-electron chi connectivity index (χ2n) is 3.91. The molecule has 0 radical (unpaired) electrons. The summed E-state index contributed by atoms with van der Waals surface area (Å²) in [7, 11) is 0. The Bertz CT molecular complexity index is 529. The molecule has 0 saturated heterocycles. The van der Waals surface area contributed by atoms with Crippen molar-refractivity contribution in [3.05, 3.63) is 59.7 Å². The molecule has 0 aliphatic rings. The molecular weight excluding hydrogens is 261 g/mol. The molecule has 0 spiro atoms. The van der Waals surface area contributed by atoms with Gasteiger partial charge in [-0.1, -0.05) is 30.3 Å². The van der Waals surface area contributed by atoms with Gasteiger partial charge in [-0.2, -0.15) is 13.2 Å². The minimum Gasteiger partial charge on any atom is -0.166 e. The van der Waals surface area contributed by atoms with E-state index in [0.29, 0.717) is 5.88 Å². The predicted octanol–water partition coefficient (Wildman–Crippen LogP) is 5.11. The van der Waals surface area contributed by atoms with Gasteiger partial charge in [-0.25, -0.2) is 0 Å². The molecule has 4 heteroatoms. The Balaban J connectivity index is 2.34. The summed E-state index contributed by atoms with van der Waals surface area (Å²) in [6.45, 7) is 0. The Kier molecular flexibility index (Phi) is 3.62. The lowest BCUT2D eigenvalue weighted by Crippen LogP contribution is -2.03. The maximum atomic E-state index is 12.4. The van der Waals surface area contributed by atoms with Crippen molar-refractivity contribution in [1.29, 1.82) is 0 Å². The van der Waals surface area contributed by atoms with Crippen LogP contribution in [-0.4, -0.2) is 0 Å². The third-order valence-electron chi connectivity index (χ3n) is 2.63. The summed E-state index contributed by atoms with van der Waals surface area (Å²) in [5.74, 6) is 0.383. The van der Waals surface area contributed by atoms with Crippen molar-refractivity contribution < 1.29 is 13.2 Å². The molecule has 2 aromatic carbocycles. The number of benzene rings is 2. The van der Waals surface area contributed by atoms with Crippen molar-refractivity contribution in [2.75, 3.05) is 0 Å². The van der Waals surface area contributed by atoms with Crippen LogP contribution in [0.2, 0.25) is 0 Å². The predicted molar refractivity (Wildman–Crippen MR) is 66.4 cm³/mol. The zero-order valence-electron chi connectivity index (χ0n) is 9.34. The first-order chi connectivity index (χ1) is 8.50. The minimum atomic E-state index is -4.30. The second-order valence-corrected chi connectivity index (χ2v) is 4.18. The molecule has 0 aromatic heterocycles. The quantitative estimate of drug-likeness (QED) is 0.665. The van der Waals surface area contributed by atoms with Gasteiger partial charge in [0, 0.05) is 5.88 Å². The molecule has 0 nitrogen and oxygen atoms in total. The topological polar surface area (TPSA) is 0 Å². The summed E-state index contributed by atoms with van der Waals surface area (Å²) in [6, 6.07) is 12.5. The highest BCUT2D eigenvalue weighted by Crippen LogP contribution is 2.31. The number of hydrogen-bond donors (Lipinski definition) is 0. The van der Waals surface area contributed by atoms with Crippen LogP contribution in [0.4, 0.5) is 13.2 Å². The SMILES string of the molecule is FC(F)(F)c1ccc(-c2cccc(CCl)c2)cc1. The summed E-state index contributed by atoms with van der Waals surface area (Å²) >= 11 is 5.72. The third kappa shape index (κ3) is 2.85. The van der Waals surface area contributed by atoms with Crippen molar-refractivity contribution in [3.8, 4) is 11.1 Å². The molecule has 0 fully saturated rings. The maximum Gasteiger partial charge on any atom is 0.416 e. The van der Waals surface area contributed by atoms with E-state index < -0.39 is 11.7 Å². The van der Waals surface area contributed by atoms with Gasteiger partial charge in [0.2, 0.25) is 0 Å². The van der Waals surface area contributed by atoms with E-state index in [2.05, 4.69) is 0 Å². The van der Waals surface area contributed by atoms with Gasteiger partial charge in [0.1, 0.15) is 0 Å². The highest BCUT2D eigenvalue weighted by Gasteiger charge is 2.29. The van der Waals surface area contributed by atoms with Crippen molar-refractivity contribution >= 4 is 11.6 Å². The zero-order valence-corrected chi connectivity index (χ0v) is 10.1. The van der Waals surface area contributed by atoms with Crippen LogP contribution in [0, 0.1) is 0 Å². The Morgan fingerprint density at radius 3 is 2.11 bits per heavy atom.